The van der Waals surface area contributed by atoms with Gasteiger partial charge < -0.3 is 25.4 Å². The van der Waals surface area contributed by atoms with E-state index in [2.05, 4.69) is 38.1 Å². The molecule has 14 heteroatoms. The normalized spacial score (nSPS) is 15.9. The van der Waals surface area contributed by atoms with E-state index in [0.29, 0.717) is 28.3 Å². The highest BCUT2D eigenvalue weighted by atomic mass is 32.1. The number of aliphatic hydroxyl groups excluding tert-OH is 1. The fourth-order valence-corrected chi connectivity index (χ4v) is 6.95. The van der Waals surface area contributed by atoms with Crippen molar-refractivity contribution in [3.05, 3.63) is 64.9 Å². The number of carbonyl (C=O) groups is 1. The van der Waals surface area contributed by atoms with Crippen LogP contribution in [0.2, 0.25) is 0 Å². The van der Waals surface area contributed by atoms with Crippen molar-refractivity contribution in [1.82, 2.24) is 24.8 Å². The lowest BCUT2D eigenvalue weighted by Gasteiger charge is -2.33. The van der Waals surface area contributed by atoms with Crippen molar-refractivity contribution in [3.63, 3.8) is 0 Å². The van der Waals surface area contributed by atoms with Crippen LogP contribution < -0.4 is 10.6 Å². The zero-order valence-electron chi connectivity index (χ0n) is 25.4. The van der Waals surface area contributed by atoms with Gasteiger partial charge in [0.15, 0.2) is 0 Å². The number of anilines is 1. The van der Waals surface area contributed by atoms with Crippen molar-refractivity contribution in [2.45, 2.75) is 63.5 Å². The number of likely N-dealkylation sites (tertiary alicyclic amines) is 1. The van der Waals surface area contributed by atoms with Gasteiger partial charge in [-0.2, -0.15) is 18.4 Å². The highest BCUT2D eigenvalue weighted by Gasteiger charge is 2.30. The Morgan fingerprint density at radius 2 is 2.00 bits per heavy atom. The Morgan fingerprint density at radius 1 is 1.24 bits per heavy atom. The maximum Gasteiger partial charge on any atom is 0.393 e. The van der Waals surface area contributed by atoms with Crippen LogP contribution in [0, 0.1) is 18.3 Å². The Balaban J connectivity index is 1.24. The smallest absolute Gasteiger partial charge is 0.393 e. The molecule has 5 rings (SSSR count). The van der Waals surface area contributed by atoms with E-state index >= 15 is 0 Å². The van der Waals surface area contributed by atoms with Crippen LogP contribution in [0.3, 0.4) is 0 Å². The second-order valence-electron chi connectivity index (χ2n) is 11.8. The fourth-order valence-electron chi connectivity index (χ4n) is 5.92. The molecule has 4 heterocycles. The van der Waals surface area contributed by atoms with Crippen molar-refractivity contribution in [2.75, 3.05) is 31.6 Å². The monoisotopic (exact) mass is 655 g/mol. The second kappa shape index (κ2) is 13.8. The standard InChI is InChI=1S/C32H36F3N7O3S/c1-3-28(44)37-9-8-31(45,18-43)17-42-23(15-36)12-25-20(2)21(4-5-27(25)42)16-41-10-6-22(7-11-41)40-29-26-13-24(14-32(33,34)35)46-30(26)39-19-38-29/h3-5,12-13,19,22,43,45H,1,6-11,14,16-18H2,2H3,(H,37,44)(H,38,39,40). The quantitative estimate of drug-likeness (QED) is 0.165. The zero-order valence-corrected chi connectivity index (χ0v) is 26.2. The minimum Gasteiger partial charge on any atom is -0.393 e. The third kappa shape index (κ3) is 7.67. The number of aliphatic hydroxyl groups is 2. The van der Waals surface area contributed by atoms with Crippen LogP contribution in [0.25, 0.3) is 21.1 Å². The number of nitrogens with one attached hydrogen (secondary N) is 2. The van der Waals surface area contributed by atoms with Crippen LogP contribution in [0.1, 0.15) is 41.0 Å². The summed E-state index contributed by atoms with van der Waals surface area (Å²) in [5.74, 6) is 0.182. The summed E-state index contributed by atoms with van der Waals surface area (Å²) in [6, 6.07) is 9.60. The third-order valence-electron chi connectivity index (χ3n) is 8.48. The maximum absolute atomic E-state index is 12.9. The van der Waals surface area contributed by atoms with E-state index in [0.717, 1.165) is 65.4 Å². The molecule has 1 unspecified atom stereocenters. The van der Waals surface area contributed by atoms with Crippen LogP contribution in [0.5, 0.6) is 0 Å². The van der Waals surface area contributed by atoms with E-state index in [9.17, 15) is 33.4 Å². The largest absolute Gasteiger partial charge is 0.393 e. The second-order valence-corrected chi connectivity index (χ2v) is 12.9. The summed E-state index contributed by atoms with van der Waals surface area (Å²) >= 11 is 1.04. The molecule has 1 amide bonds. The molecular formula is C32H36F3N7O3S. The average molecular weight is 656 g/mol. The van der Waals surface area contributed by atoms with Crippen molar-refractivity contribution in [1.29, 1.82) is 5.26 Å². The molecule has 46 heavy (non-hydrogen) atoms. The van der Waals surface area contributed by atoms with Crippen molar-refractivity contribution < 1.29 is 28.2 Å². The fraction of sp³-hybridized carbons (Fsp3) is 0.438. The molecule has 1 aromatic carbocycles. The van der Waals surface area contributed by atoms with E-state index in [4.69, 9.17) is 0 Å². The topological polar surface area (TPSA) is 139 Å². The van der Waals surface area contributed by atoms with E-state index in [1.807, 2.05) is 19.1 Å². The minimum absolute atomic E-state index is 0.0210. The number of piperidine rings is 1. The Labute approximate surface area is 268 Å². The number of benzene rings is 1. The van der Waals surface area contributed by atoms with Gasteiger partial charge in [-0.15, -0.1) is 11.3 Å². The van der Waals surface area contributed by atoms with E-state index in [1.54, 1.807) is 10.6 Å². The predicted molar refractivity (Wildman–Crippen MR) is 170 cm³/mol. The first-order chi connectivity index (χ1) is 21.9. The number of carbonyl (C=O) groups excluding carboxylic acids is 1. The van der Waals surface area contributed by atoms with Crippen LogP contribution in [0.15, 0.2) is 43.2 Å². The molecule has 3 aromatic heterocycles. The van der Waals surface area contributed by atoms with Crippen LogP contribution in [-0.4, -0.2) is 79.6 Å². The summed E-state index contributed by atoms with van der Waals surface area (Å²) in [5.41, 5.74) is 1.71. The van der Waals surface area contributed by atoms with Gasteiger partial charge in [0.1, 0.15) is 34.3 Å². The molecule has 244 valence electrons. The van der Waals surface area contributed by atoms with Crippen LogP contribution in [-0.2, 0) is 24.3 Å². The molecule has 10 nitrogen and oxygen atoms in total. The average Bonchev–Trinajstić information content (AvgIpc) is 3.59. The number of aryl methyl sites for hydroxylation is 1. The van der Waals surface area contributed by atoms with Gasteiger partial charge >= 0.3 is 6.18 Å². The number of thiophene rings is 1. The molecule has 1 atom stereocenters. The van der Waals surface area contributed by atoms with Gasteiger partial charge in [-0.05, 0) is 61.6 Å². The first kappa shape index (κ1) is 33.3. The molecular weight excluding hydrogens is 619 g/mol. The highest BCUT2D eigenvalue weighted by Crippen LogP contribution is 2.34. The van der Waals surface area contributed by atoms with Crippen molar-refractivity contribution >= 4 is 44.2 Å². The van der Waals surface area contributed by atoms with Gasteiger partial charge in [-0.25, -0.2) is 9.97 Å². The first-order valence-corrected chi connectivity index (χ1v) is 15.8. The minimum atomic E-state index is -4.28. The number of aromatic nitrogens is 3. The van der Waals surface area contributed by atoms with Crippen LogP contribution in [0.4, 0.5) is 19.0 Å². The van der Waals surface area contributed by atoms with E-state index in [1.165, 1.54) is 12.4 Å². The summed E-state index contributed by atoms with van der Waals surface area (Å²) in [5, 5.41) is 38.5. The molecule has 1 aliphatic heterocycles. The number of hydrogen-bond donors (Lipinski definition) is 4. The number of nitriles is 1. The SMILES string of the molecule is C=CC(=O)NCCC(O)(CO)Cn1c(C#N)cc2c(C)c(CN3CCC(Nc4ncnc5sc(CC(F)(F)F)cc45)CC3)ccc21. The lowest BCUT2D eigenvalue weighted by Crippen LogP contribution is -2.41. The number of alkyl halides is 3. The molecule has 4 aromatic rings. The van der Waals surface area contributed by atoms with Gasteiger partial charge in [0, 0.05) is 48.0 Å². The highest BCUT2D eigenvalue weighted by molar-refractivity contribution is 7.18. The molecule has 1 fully saturated rings. The molecule has 1 saturated heterocycles. The molecule has 0 aliphatic carbocycles. The van der Waals surface area contributed by atoms with Gasteiger partial charge in [-0.3, -0.25) is 9.69 Å². The number of nitrogens with zero attached hydrogens (tertiary/aromatic N) is 5. The molecule has 0 saturated carbocycles. The van der Waals surface area contributed by atoms with Gasteiger partial charge in [0.05, 0.1) is 25.0 Å². The summed E-state index contributed by atoms with van der Waals surface area (Å²) in [6.45, 7) is 7.30. The lowest BCUT2D eigenvalue weighted by atomic mass is 9.99. The predicted octanol–water partition coefficient (Wildman–Crippen LogP) is 4.42. The zero-order chi connectivity index (χ0) is 33.1. The van der Waals surface area contributed by atoms with E-state index in [-0.39, 0.29) is 36.3 Å². The Kier molecular flexibility index (Phi) is 9.97. The van der Waals surface area contributed by atoms with Crippen molar-refractivity contribution in [2.24, 2.45) is 0 Å². The van der Waals surface area contributed by atoms with Gasteiger partial charge in [0.2, 0.25) is 5.91 Å². The molecule has 0 spiro atoms. The summed E-state index contributed by atoms with van der Waals surface area (Å²) in [6.07, 6.45) is -1.01. The lowest BCUT2D eigenvalue weighted by molar-refractivity contribution is -0.126. The molecule has 0 bridgehead atoms. The summed E-state index contributed by atoms with van der Waals surface area (Å²) in [7, 11) is 0. The maximum atomic E-state index is 12.9. The van der Waals surface area contributed by atoms with Gasteiger partial charge in [0.25, 0.3) is 0 Å². The number of fused-ring (bicyclic) bond motifs is 2. The summed E-state index contributed by atoms with van der Waals surface area (Å²) in [4.78, 5) is 23.1. The molecule has 4 N–H and O–H groups in total. The Hall–Kier alpha value is -4.03. The Bertz CT molecular complexity index is 1770. The molecule has 0 radical (unpaired) electrons. The number of amides is 1. The van der Waals surface area contributed by atoms with E-state index < -0.39 is 24.8 Å². The van der Waals surface area contributed by atoms with Gasteiger partial charge in [-0.1, -0.05) is 12.6 Å². The third-order valence-corrected chi connectivity index (χ3v) is 9.52. The number of hydrogen-bond acceptors (Lipinski definition) is 9. The van der Waals surface area contributed by atoms with Crippen molar-refractivity contribution in [3.8, 4) is 6.07 Å². The Morgan fingerprint density at radius 3 is 2.67 bits per heavy atom. The first-order valence-electron chi connectivity index (χ1n) is 15.0. The number of rotatable bonds is 12. The molecule has 1 aliphatic rings. The van der Waals surface area contributed by atoms with Crippen LogP contribution >= 0.6 is 11.3 Å². The summed E-state index contributed by atoms with van der Waals surface area (Å²) < 4.78 is 40.5. The number of halogens is 3.